The van der Waals surface area contributed by atoms with Crippen molar-refractivity contribution in [1.29, 1.82) is 0 Å². The van der Waals surface area contributed by atoms with Crippen molar-refractivity contribution < 1.29 is 18.8 Å². The van der Waals surface area contributed by atoms with Gasteiger partial charge < -0.3 is 14.3 Å². The Hall–Kier alpha value is -0.940. The molecule has 1 aromatic rings. The highest BCUT2D eigenvalue weighted by Crippen LogP contribution is 2.55. The molecule has 0 amide bonds. The van der Waals surface area contributed by atoms with Crippen LogP contribution in [-0.4, -0.2) is 24.6 Å². The van der Waals surface area contributed by atoms with Gasteiger partial charge in [-0.1, -0.05) is 11.2 Å². The van der Waals surface area contributed by atoms with Crippen LogP contribution in [0.4, 0.5) is 0 Å². The van der Waals surface area contributed by atoms with Crippen LogP contribution in [0, 0.1) is 0 Å². The summed E-state index contributed by atoms with van der Waals surface area (Å²) in [7, 11) is -3.43. The topological polar surface area (TPSA) is 68.1 Å². The van der Waals surface area contributed by atoms with Gasteiger partial charge in [-0.15, -0.1) is 11.3 Å². The fourth-order valence-electron chi connectivity index (χ4n) is 1.29. The van der Waals surface area contributed by atoms with E-state index in [0.717, 1.165) is 11.1 Å². The van der Waals surface area contributed by atoms with Crippen molar-refractivity contribution in [3.8, 4) is 0 Å². The van der Waals surface area contributed by atoms with Crippen molar-refractivity contribution in [2.24, 2.45) is 5.16 Å². The molecule has 7 heteroatoms. The molecule has 18 heavy (non-hydrogen) atoms. The Morgan fingerprint density at radius 2 is 2.17 bits per heavy atom. The van der Waals surface area contributed by atoms with Gasteiger partial charge >= 0.3 is 7.60 Å². The highest BCUT2D eigenvalue weighted by atomic mass is 32.1. The zero-order valence-corrected chi connectivity index (χ0v) is 12.0. The Morgan fingerprint density at radius 1 is 1.50 bits per heavy atom. The number of allylic oxidation sites excluding steroid dienone is 1. The van der Waals surface area contributed by atoms with E-state index in [0.29, 0.717) is 0 Å². The van der Waals surface area contributed by atoms with Crippen molar-refractivity contribution in [3.05, 3.63) is 27.7 Å². The van der Waals surface area contributed by atoms with Crippen LogP contribution in [-0.2, 0) is 13.6 Å². The fraction of sp³-hybridized carbons (Fsp3) is 0.364. The predicted molar refractivity (Wildman–Crippen MR) is 73.4 cm³/mol. The van der Waals surface area contributed by atoms with E-state index >= 15 is 0 Å². The van der Waals surface area contributed by atoms with Gasteiger partial charge in [0.2, 0.25) is 0 Å². The van der Waals surface area contributed by atoms with Crippen molar-refractivity contribution in [2.45, 2.75) is 13.8 Å². The highest BCUT2D eigenvalue weighted by molar-refractivity contribution is 7.60. The molecule has 0 spiro atoms. The van der Waals surface area contributed by atoms with Crippen LogP contribution in [0.25, 0.3) is 6.08 Å². The van der Waals surface area contributed by atoms with E-state index in [2.05, 4.69) is 5.16 Å². The number of hydrogen-bond acceptors (Lipinski definition) is 6. The Kier molecular flexibility index (Phi) is 6.29. The summed E-state index contributed by atoms with van der Waals surface area (Å²) in [5, 5.41) is 13.7. The molecule has 0 atom stereocenters. The minimum atomic E-state index is -3.43. The summed E-state index contributed by atoms with van der Waals surface area (Å²) >= 11 is 1.48. The van der Waals surface area contributed by atoms with Crippen molar-refractivity contribution >= 4 is 31.2 Å². The van der Waals surface area contributed by atoms with Crippen LogP contribution in [0.3, 0.4) is 0 Å². The molecule has 0 aliphatic carbocycles. The summed E-state index contributed by atoms with van der Waals surface area (Å²) in [4.78, 5) is 0.879. The van der Waals surface area contributed by atoms with Gasteiger partial charge in [0.25, 0.3) is 0 Å². The molecule has 5 nitrogen and oxygen atoms in total. The van der Waals surface area contributed by atoms with Crippen molar-refractivity contribution in [2.75, 3.05) is 13.2 Å². The van der Waals surface area contributed by atoms with Crippen molar-refractivity contribution in [3.63, 3.8) is 0 Å². The molecule has 0 fully saturated rings. The minimum Gasteiger partial charge on any atom is -0.411 e. The lowest BCUT2D eigenvalue weighted by Crippen LogP contribution is -2.00. The molecule has 0 aliphatic heterocycles. The molecule has 100 valence electrons. The monoisotopic (exact) mass is 289 g/mol. The van der Waals surface area contributed by atoms with Gasteiger partial charge in [-0.2, -0.15) is 0 Å². The average molecular weight is 289 g/mol. The second-order valence-corrected chi connectivity index (χ2v) is 6.17. The Morgan fingerprint density at radius 3 is 2.61 bits per heavy atom. The van der Waals surface area contributed by atoms with E-state index in [4.69, 9.17) is 14.3 Å². The second kappa shape index (κ2) is 7.48. The zero-order chi connectivity index (χ0) is 13.4. The predicted octanol–water partition coefficient (Wildman–Crippen LogP) is 3.82. The first-order chi connectivity index (χ1) is 8.66. The van der Waals surface area contributed by atoms with Gasteiger partial charge in [0.15, 0.2) is 0 Å². The molecular weight excluding hydrogens is 273 g/mol. The minimum absolute atomic E-state index is 0.233. The van der Waals surface area contributed by atoms with E-state index in [1.54, 1.807) is 19.9 Å². The lowest BCUT2D eigenvalue weighted by molar-refractivity contribution is 0.227. The quantitative estimate of drug-likeness (QED) is 0.358. The molecule has 0 unspecified atom stereocenters. The van der Waals surface area contributed by atoms with Gasteiger partial charge in [0.1, 0.15) is 0 Å². The summed E-state index contributed by atoms with van der Waals surface area (Å²) in [5.74, 6) is 0. The fourth-order valence-corrected chi connectivity index (χ4v) is 3.59. The molecule has 0 aliphatic rings. The van der Waals surface area contributed by atoms with Gasteiger partial charge in [-0.3, -0.25) is 4.57 Å². The number of nitrogens with zero attached hydrogens (tertiary/aromatic N) is 1. The lowest BCUT2D eigenvalue weighted by atomic mass is 10.4. The van der Waals surface area contributed by atoms with E-state index in [-0.39, 0.29) is 18.5 Å². The first-order valence-electron chi connectivity index (χ1n) is 5.48. The third-order valence-corrected chi connectivity index (χ3v) is 4.83. The molecule has 1 N–H and O–H groups in total. The maximum Gasteiger partial charge on any atom is 0.363 e. The average Bonchev–Trinajstić information content (AvgIpc) is 2.82. The molecular formula is C11H16NO4PS. The second-order valence-electron chi connectivity index (χ2n) is 3.16. The van der Waals surface area contributed by atoms with Crippen LogP contribution in [0.1, 0.15) is 18.7 Å². The largest absolute Gasteiger partial charge is 0.411 e. The number of rotatable bonds is 7. The Bertz CT molecular complexity index is 446. The maximum atomic E-state index is 12.5. The van der Waals surface area contributed by atoms with E-state index in [1.807, 2.05) is 17.5 Å². The molecule has 1 aromatic heterocycles. The van der Waals surface area contributed by atoms with Crippen LogP contribution < -0.4 is 0 Å². The molecule has 0 radical (unpaired) electrons. The molecule has 0 saturated carbocycles. The highest BCUT2D eigenvalue weighted by Gasteiger charge is 2.28. The summed E-state index contributed by atoms with van der Waals surface area (Å²) in [6.45, 7) is 3.95. The summed E-state index contributed by atoms with van der Waals surface area (Å²) in [6, 6.07) is 3.73. The molecule has 0 saturated heterocycles. The van der Waals surface area contributed by atoms with Gasteiger partial charge in [-0.05, 0) is 31.4 Å². The molecule has 0 bridgehead atoms. The standard InChI is InChI=1S/C11H16NO4PS/c1-3-15-17(14,16-4-2)10(9-12-13)8-11-6-5-7-18-11/h5-9,13H,3-4H2,1-2H3/b10-8+,12-9+. The van der Waals surface area contributed by atoms with Gasteiger partial charge in [-0.25, -0.2) is 0 Å². The van der Waals surface area contributed by atoms with Crippen LogP contribution in [0.15, 0.2) is 28.0 Å². The van der Waals surface area contributed by atoms with E-state index < -0.39 is 7.60 Å². The normalized spacial score (nSPS) is 13.3. The van der Waals surface area contributed by atoms with E-state index in [1.165, 1.54) is 11.3 Å². The lowest BCUT2D eigenvalue weighted by Gasteiger charge is -2.17. The third-order valence-electron chi connectivity index (χ3n) is 1.94. The summed E-state index contributed by atoms with van der Waals surface area (Å²) in [6.07, 6.45) is 2.72. The SMILES string of the molecule is CCOP(=O)(OCC)C(/C=N/O)=C/c1cccs1. The summed E-state index contributed by atoms with van der Waals surface area (Å²) < 4.78 is 22.9. The maximum absolute atomic E-state index is 12.5. The third kappa shape index (κ3) is 4.07. The number of oxime groups is 1. The Labute approximate surface area is 110 Å². The smallest absolute Gasteiger partial charge is 0.363 e. The molecule has 0 aromatic carbocycles. The van der Waals surface area contributed by atoms with Crippen molar-refractivity contribution in [1.82, 2.24) is 0 Å². The van der Waals surface area contributed by atoms with Gasteiger partial charge in [0, 0.05) is 4.88 Å². The van der Waals surface area contributed by atoms with Gasteiger partial charge in [0.05, 0.1) is 24.7 Å². The molecule has 1 heterocycles. The van der Waals surface area contributed by atoms with Crippen LogP contribution in [0.5, 0.6) is 0 Å². The van der Waals surface area contributed by atoms with Crippen LogP contribution >= 0.6 is 18.9 Å². The first kappa shape index (κ1) is 15.1. The van der Waals surface area contributed by atoms with E-state index in [9.17, 15) is 4.57 Å². The van der Waals surface area contributed by atoms with Crippen LogP contribution in [0.2, 0.25) is 0 Å². The number of hydrogen-bond donors (Lipinski definition) is 1. The zero-order valence-electron chi connectivity index (χ0n) is 10.3. The number of thiophene rings is 1. The Balaban J connectivity index is 3.12. The first-order valence-corrected chi connectivity index (χ1v) is 7.90. The summed E-state index contributed by atoms with van der Waals surface area (Å²) in [5.41, 5.74) is 0. The molecule has 1 rings (SSSR count).